The summed E-state index contributed by atoms with van der Waals surface area (Å²) in [5, 5.41) is 13.9. The van der Waals surface area contributed by atoms with E-state index in [1.165, 1.54) is 0 Å². The summed E-state index contributed by atoms with van der Waals surface area (Å²) >= 11 is 0. The molecule has 6 nitrogen and oxygen atoms in total. The SMILES string of the molecule is CCNC(=O)C(C)NC(=O)CC(C)(C)CC(=O)O. The second-order valence-electron chi connectivity index (χ2n) is 5.10. The van der Waals surface area contributed by atoms with E-state index >= 15 is 0 Å². The Morgan fingerprint density at radius 1 is 1.22 bits per heavy atom. The topological polar surface area (TPSA) is 95.5 Å². The zero-order chi connectivity index (χ0) is 14.3. The van der Waals surface area contributed by atoms with Crippen molar-refractivity contribution in [2.45, 2.75) is 46.6 Å². The van der Waals surface area contributed by atoms with Crippen molar-refractivity contribution in [1.29, 1.82) is 0 Å². The molecule has 0 aromatic carbocycles. The number of aliphatic carboxylic acids is 1. The first kappa shape index (κ1) is 16.4. The van der Waals surface area contributed by atoms with Crippen LogP contribution in [0.25, 0.3) is 0 Å². The predicted octanol–water partition coefficient (Wildman–Crippen LogP) is 0.518. The first-order valence-corrected chi connectivity index (χ1v) is 5.97. The lowest BCUT2D eigenvalue weighted by molar-refractivity contribution is -0.140. The summed E-state index contributed by atoms with van der Waals surface area (Å²) in [6.07, 6.45) is -0.0149. The normalized spacial score (nSPS) is 12.7. The second kappa shape index (κ2) is 6.98. The van der Waals surface area contributed by atoms with Gasteiger partial charge in [-0.2, -0.15) is 0 Å². The number of carbonyl (C=O) groups excluding carboxylic acids is 2. The van der Waals surface area contributed by atoms with Crippen LogP contribution in [-0.2, 0) is 14.4 Å². The van der Waals surface area contributed by atoms with Crippen LogP contribution in [0, 0.1) is 5.41 Å². The molecule has 18 heavy (non-hydrogen) atoms. The summed E-state index contributed by atoms with van der Waals surface area (Å²) in [5.41, 5.74) is -0.628. The molecule has 2 amide bonds. The van der Waals surface area contributed by atoms with E-state index in [9.17, 15) is 14.4 Å². The molecule has 0 spiro atoms. The van der Waals surface area contributed by atoms with Gasteiger partial charge in [0.2, 0.25) is 11.8 Å². The molecule has 0 aliphatic carbocycles. The molecule has 0 aliphatic heterocycles. The third-order valence-corrected chi connectivity index (χ3v) is 2.39. The maximum atomic E-state index is 11.7. The Hall–Kier alpha value is -1.59. The average Bonchev–Trinajstić information content (AvgIpc) is 2.13. The van der Waals surface area contributed by atoms with E-state index in [1.54, 1.807) is 27.7 Å². The summed E-state index contributed by atoms with van der Waals surface area (Å²) in [6.45, 7) is 7.30. The molecule has 0 fully saturated rings. The third-order valence-electron chi connectivity index (χ3n) is 2.39. The lowest BCUT2D eigenvalue weighted by atomic mass is 9.85. The lowest BCUT2D eigenvalue weighted by Crippen LogP contribution is -2.45. The fraction of sp³-hybridized carbons (Fsp3) is 0.750. The van der Waals surface area contributed by atoms with Crippen LogP contribution in [0.2, 0.25) is 0 Å². The highest BCUT2D eigenvalue weighted by Crippen LogP contribution is 2.24. The minimum atomic E-state index is -0.940. The summed E-state index contributed by atoms with van der Waals surface area (Å²) in [4.78, 5) is 33.7. The number of hydrogen-bond donors (Lipinski definition) is 3. The third kappa shape index (κ3) is 6.88. The highest BCUT2D eigenvalue weighted by molar-refractivity contribution is 5.87. The second-order valence-corrected chi connectivity index (χ2v) is 5.10. The summed E-state index contributed by atoms with van der Waals surface area (Å²) < 4.78 is 0. The standard InChI is InChI=1S/C12H22N2O4/c1-5-13-11(18)8(2)14-9(15)6-12(3,4)7-10(16)17/h8H,5-7H2,1-4H3,(H,13,18)(H,14,15)(H,16,17). The molecular formula is C12H22N2O4. The van der Waals surface area contributed by atoms with Gasteiger partial charge in [-0.15, -0.1) is 0 Å². The van der Waals surface area contributed by atoms with Gasteiger partial charge >= 0.3 is 5.97 Å². The van der Waals surface area contributed by atoms with Crippen LogP contribution in [0.3, 0.4) is 0 Å². The predicted molar refractivity (Wildman–Crippen MR) is 66.9 cm³/mol. The molecule has 0 aliphatic rings. The largest absolute Gasteiger partial charge is 0.481 e. The van der Waals surface area contributed by atoms with Crippen molar-refractivity contribution in [3.8, 4) is 0 Å². The van der Waals surface area contributed by atoms with E-state index < -0.39 is 17.4 Å². The van der Waals surface area contributed by atoms with Crippen molar-refractivity contribution in [2.24, 2.45) is 5.41 Å². The van der Waals surface area contributed by atoms with Gasteiger partial charge in [0.25, 0.3) is 0 Å². The van der Waals surface area contributed by atoms with Crippen LogP contribution in [0.15, 0.2) is 0 Å². The number of nitrogens with one attached hydrogen (secondary N) is 2. The molecule has 0 aromatic heterocycles. The Morgan fingerprint density at radius 3 is 2.22 bits per heavy atom. The van der Waals surface area contributed by atoms with Gasteiger partial charge in [-0.1, -0.05) is 13.8 Å². The van der Waals surface area contributed by atoms with E-state index in [0.29, 0.717) is 6.54 Å². The summed E-state index contributed by atoms with van der Waals surface area (Å²) in [6, 6.07) is -0.613. The zero-order valence-corrected chi connectivity index (χ0v) is 11.4. The minimum absolute atomic E-state index is 0.0725. The van der Waals surface area contributed by atoms with Crippen molar-refractivity contribution >= 4 is 17.8 Å². The fourth-order valence-electron chi connectivity index (χ4n) is 1.59. The number of carboxylic acid groups (broad SMARTS) is 1. The number of carbonyl (C=O) groups is 3. The van der Waals surface area contributed by atoms with Crippen LogP contribution >= 0.6 is 0 Å². The van der Waals surface area contributed by atoms with Gasteiger partial charge in [0, 0.05) is 13.0 Å². The highest BCUT2D eigenvalue weighted by atomic mass is 16.4. The van der Waals surface area contributed by atoms with E-state index in [0.717, 1.165) is 0 Å². The van der Waals surface area contributed by atoms with Crippen LogP contribution in [0.5, 0.6) is 0 Å². The molecular weight excluding hydrogens is 236 g/mol. The monoisotopic (exact) mass is 258 g/mol. The molecule has 104 valence electrons. The van der Waals surface area contributed by atoms with Gasteiger partial charge in [0.15, 0.2) is 0 Å². The molecule has 0 aromatic rings. The first-order chi connectivity index (χ1) is 8.18. The van der Waals surface area contributed by atoms with Gasteiger partial charge < -0.3 is 15.7 Å². The highest BCUT2D eigenvalue weighted by Gasteiger charge is 2.26. The van der Waals surface area contributed by atoms with Crippen molar-refractivity contribution in [3.63, 3.8) is 0 Å². The van der Waals surface area contributed by atoms with Gasteiger partial charge in [-0.05, 0) is 19.3 Å². The number of likely N-dealkylation sites (N-methyl/N-ethyl adjacent to an activating group) is 1. The molecule has 0 radical (unpaired) electrons. The van der Waals surface area contributed by atoms with Crippen molar-refractivity contribution < 1.29 is 19.5 Å². The Morgan fingerprint density at radius 2 is 1.78 bits per heavy atom. The van der Waals surface area contributed by atoms with Gasteiger partial charge in [0.05, 0.1) is 6.42 Å². The Bertz CT molecular complexity index is 326. The molecule has 0 heterocycles. The summed E-state index contributed by atoms with van der Waals surface area (Å²) in [7, 11) is 0. The van der Waals surface area contributed by atoms with Gasteiger partial charge in [-0.25, -0.2) is 0 Å². The van der Waals surface area contributed by atoms with E-state index in [-0.39, 0.29) is 24.7 Å². The fourth-order valence-corrected chi connectivity index (χ4v) is 1.59. The van der Waals surface area contributed by atoms with Crippen molar-refractivity contribution in [1.82, 2.24) is 10.6 Å². The number of carboxylic acids is 1. The number of hydrogen-bond acceptors (Lipinski definition) is 3. The van der Waals surface area contributed by atoms with Crippen LogP contribution in [0.1, 0.15) is 40.5 Å². The van der Waals surface area contributed by atoms with E-state index in [2.05, 4.69) is 10.6 Å². The van der Waals surface area contributed by atoms with E-state index in [4.69, 9.17) is 5.11 Å². The molecule has 1 atom stereocenters. The maximum absolute atomic E-state index is 11.7. The van der Waals surface area contributed by atoms with Crippen molar-refractivity contribution in [3.05, 3.63) is 0 Å². The van der Waals surface area contributed by atoms with Gasteiger partial charge in [0.1, 0.15) is 6.04 Å². The van der Waals surface area contributed by atoms with E-state index in [1.807, 2.05) is 0 Å². The smallest absolute Gasteiger partial charge is 0.303 e. The number of rotatable bonds is 7. The Kier molecular flexibility index (Phi) is 6.36. The van der Waals surface area contributed by atoms with Gasteiger partial charge in [-0.3, -0.25) is 14.4 Å². The number of amides is 2. The van der Waals surface area contributed by atoms with Crippen LogP contribution in [-0.4, -0.2) is 35.5 Å². The molecule has 6 heteroatoms. The molecule has 0 rings (SSSR count). The van der Waals surface area contributed by atoms with Crippen LogP contribution < -0.4 is 10.6 Å². The maximum Gasteiger partial charge on any atom is 0.303 e. The Labute approximate surface area is 107 Å². The first-order valence-electron chi connectivity index (χ1n) is 5.97. The molecule has 3 N–H and O–H groups in total. The van der Waals surface area contributed by atoms with Crippen LogP contribution in [0.4, 0.5) is 0 Å². The summed E-state index contributed by atoms with van der Waals surface area (Å²) in [5.74, 6) is -1.51. The quantitative estimate of drug-likeness (QED) is 0.620. The molecule has 0 saturated carbocycles. The molecule has 0 saturated heterocycles. The molecule has 1 unspecified atom stereocenters. The zero-order valence-electron chi connectivity index (χ0n) is 11.4. The Balaban J connectivity index is 4.26. The molecule has 0 bridgehead atoms. The average molecular weight is 258 g/mol. The van der Waals surface area contributed by atoms with Crippen molar-refractivity contribution in [2.75, 3.05) is 6.54 Å². The lowest BCUT2D eigenvalue weighted by Gasteiger charge is -2.22. The minimum Gasteiger partial charge on any atom is -0.481 e.